The molecule has 2 heterocycles. The highest BCUT2D eigenvalue weighted by atomic mass is 15.1. The summed E-state index contributed by atoms with van der Waals surface area (Å²) in [5.74, 6) is 0.965. The molecule has 0 amide bonds. The minimum absolute atomic E-state index is 0.965. The van der Waals surface area contributed by atoms with Gasteiger partial charge in [-0.05, 0) is 58.2 Å². The molecule has 2 aliphatic heterocycles. The Morgan fingerprint density at radius 3 is 3.13 bits per heavy atom. The average Bonchev–Trinajstić information content (AvgIpc) is 2.74. The monoisotopic (exact) mass is 208 g/mol. The van der Waals surface area contributed by atoms with Crippen LogP contribution in [-0.2, 0) is 0 Å². The van der Waals surface area contributed by atoms with E-state index in [4.69, 9.17) is 0 Å². The average molecular weight is 208 g/mol. The fourth-order valence-corrected chi connectivity index (χ4v) is 2.58. The van der Waals surface area contributed by atoms with Crippen LogP contribution in [0.3, 0.4) is 0 Å². The Morgan fingerprint density at radius 2 is 2.47 bits per heavy atom. The summed E-state index contributed by atoms with van der Waals surface area (Å²) in [7, 11) is 0. The first-order valence-electron chi connectivity index (χ1n) is 6.43. The minimum atomic E-state index is 0.965. The lowest BCUT2D eigenvalue weighted by molar-refractivity contribution is 0.280. The van der Waals surface area contributed by atoms with Crippen LogP contribution in [0.2, 0.25) is 0 Å². The molecular formula is C13H24N2. The van der Waals surface area contributed by atoms with Gasteiger partial charge in [0, 0.05) is 13.1 Å². The van der Waals surface area contributed by atoms with Crippen LogP contribution in [0, 0.1) is 5.92 Å². The summed E-state index contributed by atoms with van der Waals surface area (Å²) in [6, 6.07) is 0. The SMILES string of the molecule is CC1=CCN(CCCC2CCNC2)CC1. The zero-order valence-corrected chi connectivity index (χ0v) is 9.97. The van der Waals surface area contributed by atoms with Crippen molar-refractivity contribution in [3.05, 3.63) is 11.6 Å². The van der Waals surface area contributed by atoms with E-state index >= 15 is 0 Å². The molecule has 1 N–H and O–H groups in total. The molecule has 2 rings (SSSR count). The zero-order chi connectivity index (χ0) is 10.5. The molecule has 0 radical (unpaired) electrons. The van der Waals surface area contributed by atoms with Gasteiger partial charge in [0.05, 0.1) is 0 Å². The number of nitrogens with one attached hydrogen (secondary N) is 1. The maximum atomic E-state index is 3.44. The Labute approximate surface area is 93.7 Å². The van der Waals surface area contributed by atoms with E-state index in [2.05, 4.69) is 23.2 Å². The third-order valence-corrected chi connectivity index (χ3v) is 3.77. The van der Waals surface area contributed by atoms with Crippen molar-refractivity contribution in [3.8, 4) is 0 Å². The molecule has 0 bridgehead atoms. The van der Waals surface area contributed by atoms with Crippen molar-refractivity contribution >= 4 is 0 Å². The fraction of sp³-hybridized carbons (Fsp3) is 0.846. The molecule has 1 atom stereocenters. The Balaban J connectivity index is 1.57. The fourth-order valence-electron chi connectivity index (χ4n) is 2.58. The first-order chi connectivity index (χ1) is 7.34. The van der Waals surface area contributed by atoms with Crippen molar-refractivity contribution in [1.82, 2.24) is 10.2 Å². The second-order valence-electron chi connectivity index (χ2n) is 5.10. The van der Waals surface area contributed by atoms with Crippen LogP contribution in [-0.4, -0.2) is 37.6 Å². The molecule has 0 saturated carbocycles. The molecule has 1 fully saturated rings. The highest BCUT2D eigenvalue weighted by Crippen LogP contribution is 2.16. The molecular weight excluding hydrogens is 184 g/mol. The predicted molar refractivity (Wildman–Crippen MR) is 65.0 cm³/mol. The van der Waals surface area contributed by atoms with E-state index in [0.29, 0.717) is 0 Å². The number of rotatable bonds is 4. The molecule has 0 aromatic heterocycles. The topological polar surface area (TPSA) is 15.3 Å². The zero-order valence-electron chi connectivity index (χ0n) is 9.97. The van der Waals surface area contributed by atoms with Crippen LogP contribution in [0.1, 0.15) is 32.6 Å². The van der Waals surface area contributed by atoms with Gasteiger partial charge in [0.1, 0.15) is 0 Å². The van der Waals surface area contributed by atoms with E-state index in [1.165, 1.54) is 58.4 Å². The van der Waals surface area contributed by atoms with E-state index < -0.39 is 0 Å². The van der Waals surface area contributed by atoms with Gasteiger partial charge in [0.2, 0.25) is 0 Å². The van der Waals surface area contributed by atoms with Gasteiger partial charge in [0.25, 0.3) is 0 Å². The van der Waals surface area contributed by atoms with Crippen molar-refractivity contribution in [2.75, 3.05) is 32.7 Å². The predicted octanol–water partition coefficient (Wildman–Crippen LogP) is 2.03. The largest absolute Gasteiger partial charge is 0.316 e. The second-order valence-corrected chi connectivity index (χ2v) is 5.10. The van der Waals surface area contributed by atoms with Gasteiger partial charge in [-0.25, -0.2) is 0 Å². The van der Waals surface area contributed by atoms with E-state index in [9.17, 15) is 0 Å². The van der Waals surface area contributed by atoms with Crippen LogP contribution < -0.4 is 5.32 Å². The summed E-state index contributed by atoms with van der Waals surface area (Å²) < 4.78 is 0. The summed E-state index contributed by atoms with van der Waals surface area (Å²) in [6.07, 6.45) is 7.88. The second kappa shape index (κ2) is 5.66. The number of hydrogen-bond acceptors (Lipinski definition) is 2. The van der Waals surface area contributed by atoms with Gasteiger partial charge in [-0.2, -0.15) is 0 Å². The van der Waals surface area contributed by atoms with E-state index in [-0.39, 0.29) is 0 Å². The van der Waals surface area contributed by atoms with Gasteiger partial charge in [-0.3, -0.25) is 4.90 Å². The van der Waals surface area contributed by atoms with Crippen LogP contribution in [0.15, 0.2) is 11.6 Å². The van der Waals surface area contributed by atoms with Gasteiger partial charge >= 0.3 is 0 Å². The Bertz CT molecular complexity index is 217. The molecule has 15 heavy (non-hydrogen) atoms. The number of nitrogens with zero attached hydrogens (tertiary/aromatic N) is 1. The van der Waals surface area contributed by atoms with Crippen LogP contribution >= 0.6 is 0 Å². The Kier molecular flexibility index (Phi) is 4.21. The van der Waals surface area contributed by atoms with E-state index in [1.807, 2.05) is 0 Å². The minimum Gasteiger partial charge on any atom is -0.316 e. The van der Waals surface area contributed by atoms with Crippen molar-refractivity contribution in [3.63, 3.8) is 0 Å². The summed E-state index contributed by atoms with van der Waals surface area (Å²) in [5, 5.41) is 3.44. The third-order valence-electron chi connectivity index (χ3n) is 3.77. The summed E-state index contributed by atoms with van der Waals surface area (Å²) >= 11 is 0. The standard InChI is InChI=1S/C13H24N2/c1-12-5-9-15(10-6-12)8-2-3-13-4-7-14-11-13/h5,13-14H,2-4,6-11H2,1H3. The van der Waals surface area contributed by atoms with Crippen molar-refractivity contribution < 1.29 is 0 Å². The van der Waals surface area contributed by atoms with Crippen molar-refractivity contribution in [2.24, 2.45) is 5.92 Å². The number of hydrogen-bond donors (Lipinski definition) is 1. The quantitative estimate of drug-likeness (QED) is 0.711. The lowest BCUT2D eigenvalue weighted by Crippen LogP contribution is -2.29. The van der Waals surface area contributed by atoms with E-state index in [1.54, 1.807) is 5.57 Å². The summed E-state index contributed by atoms with van der Waals surface area (Å²) in [5.41, 5.74) is 1.58. The van der Waals surface area contributed by atoms with Crippen LogP contribution in [0.4, 0.5) is 0 Å². The van der Waals surface area contributed by atoms with E-state index in [0.717, 1.165) is 5.92 Å². The maximum Gasteiger partial charge on any atom is 0.0165 e. The molecule has 2 heteroatoms. The Hall–Kier alpha value is -0.340. The normalized spacial score (nSPS) is 28.1. The smallest absolute Gasteiger partial charge is 0.0165 e. The lowest BCUT2D eigenvalue weighted by Gasteiger charge is -2.25. The molecule has 2 nitrogen and oxygen atoms in total. The molecule has 1 unspecified atom stereocenters. The highest BCUT2D eigenvalue weighted by molar-refractivity contribution is 5.03. The van der Waals surface area contributed by atoms with Gasteiger partial charge < -0.3 is 5.32 Å². The third kappa shape index (κ3) is 3.62. The summed E-state index contributed by atoms with van der Waals surface area (Å²) in [6.45, 7) is 8.54. The molecule has 0 spiro atoms. The molecule has 0 aromatic rings. The van der Waals surface area contributed by atoms with Gasteiger partial charge in [-0.1, -0.05) is 11.6 Å². The first-order valence-corrected chi connectivity index (χ1v) is 6.43. The maximum absolute atomic E-state index is 3.44. The van der Waals surface area contributed by atoms with Crippen molar-refractivity contribution in [1.29, 1.82) is 0 Å². The van der Waals surface area contributed by atoms with Gasteiger partial charge in [0.15, 0.2) is 0 Å². The molecule has 86 valence electrons. The Morgan fingerprint density at radius 1 is 1.53 bits per heavy atom. The molecule has 1 saturated heterocycles. The lowest BCUT2D eigenvalue weighted by atomic mass is 10.0. The molecule has 0 aromatic carbocycles. The molecule has 0 aliphatic carbocycles. The van der Waals surface area contributed by atoms with Gasteiger partial charge in [-0.15, -0.1) is 0 Å². The summed E-state index contributed by atoms with van der Waals surface area (Å²) in [4.78, 5) is 2.59. The molecule has 2 aliphatic rings. The van der Waals surface area contributed by atoms with Crippen molar-refractivity contribution in [2.45, 2.75) is 32.6 Å². The highest BCUT2D eigenvalue weighted by Gasteiger charge is 2.15. The van der Waals surface area contributed by atoms with Crippen LogP contribution in [0.5, 0.6) is 0 Å². The first kappa shape index (κ1) is 11.2. The van der Waals surface area contributed by atoms with Crippen LogP contribution in [0.25, 0.3) is 0 Å².